The molecule has 0 saturated heterocycles. The lowest BCUT2D eigenvalue weighted by Gasteiger charge is -2.34. The van der Waals surface area contributed by atoms with Crippen molar-refractivity contribution in [2.45, 2.75) is 32.9 Å². The average Bonchev–Trinajstić information content (AvgIpc) is 2.78. The topological polar surface area (TPSA) is 84.7 Å². The van der Waals surface area contributed by atoms with Crippen molar-refractivity contribution in [3.63, 3.8) is 0 Å². The Kier molecular flexibility index (Phi) is 6.19. The molecule has 0 aliphatic carbocycles. The number of carbonyl (C=O) groups is 2. The first kappa shape index (κ1) is 21.9. The summed E-state index contributed by atoms with van der Waals surface area (Å²) in [4.78, 5) is 29.4. The van der Waals surface area contributed by atoms with Crippen LogP contribution in [0, 0.1) is 17.1 Å². The summed E-state index contributed by atoms with van der Waals surface area (Å²) in [6.45, 7) is 3.03. The van der Waals surface area contributed by atoms with E-state index in [9.17, 15) is 19.1 Å². The van der Waals surface area contributed by atoms with Crippen LogP contribution in [0.4, 0.5) is 4.39 Å². The Labute approximate surface area is 186 Å². The zero-order chi connectivity index (χ0) is 22.8. The number of ketones is 1. The highest BCUT2D eigenvalue weighted by Gasteiger charge is 2.40. The van der Waals surface area contributed by atoms with E-state index in [1.807, 2.05) is 35.2 Å². The van der Waals surface area contributed by atoms with Gasteiger partial charge in [0, 0.05) is 13.1 Å². The number of nitrogens with zero attached hydrogens (tertiary/aromatic N) is 2. The predicted molar refractivity (Wildman–Crippen MR) is 119 cm³/mol. The van der Waals surface area contributed by atoms with Crippen LogP contribution in [0.1, 0.15) is 30.0 Å². The second kappa shape index (κ2) is 9.04. The third kappa shape index (κ3) is 4.21. The predicted octanol–water partition coefficient (Wildman–Crippen LogP) is 3.61. The maximum atomic E-state index is 13.5. The lowest BCUT2D eigenvalue weighted by atomic mass is 9.90. The molecule has 7 heteroatoms. The van der Waals surface area contributed by atoms with E-state index < -0.39 is 5.92 Å². The number of aliphatic hydroxyl groups excluding tert-OH is 1. The Bertz CT molecular complexity index is 1100. The van der Waals surface area contributed by atoms with E-state index >= 15 is 0 Å². The van der Waals surface area contributed by atoms with Gasteiger partial charge in [-0.05, 0) is 41.7 Å². The number of aliphatic hydroxyl groups is 1. The van der Waals surface area contributed by atoms with E-state index in [4.69, 9.17) is 5.41 Å². The van der Waals surface area contributed by atoms with E-state index in [2.05, 4.69) is 0 Å². The molecule has 0 fully saturated rings. The Morgan fingerprint density at radius 1 is 1.19 bits per heavy atom. The van der Waals surface area contributed by atoms with E-state index in [0.29, 0.717) is 25.9 Å². The summed E-state index contributed by atoms with van der Waals surface area (Å²) in [6.07, 6.45) is 0.960. The lowest BCUT2D eigenvalue weighted by Crippen LogP contribution is -2.48. The summed E-state index contributed by atoms with van der Waals surface area (Å²) in [5, 5.41) is 19.3. The Morgan fingerprint density at radius 2 is 1.94 bits per heavy atom. The number of rotatable bonds is 6. The second-order valence-electron chi connectivity index (χ2n) is 8.28. The van der Waals surface area contributed by atoms with Crippen LogP contribution in [0.2, 0.25) is 0 Å². The van der Waals surface area contributed by atoms with Crippen molar-refractivity contribution in [2.75, 3.05) is 13.1 Å². The summed E-state index contributed by atoms with van der Waals surface area (Å²) < 4.78 is 13.5. The Hall–Kier alpha value is -3.32. The quantitative estimate of drug-likeness (QED) is 0.726. The first-order valence-electron chi connectivity index (χ1n) is 10.8. The SMILES string of the molecule is CCC1C(=O)N(Cc2ccccc2)C(=N)C(C(=O)CN2CCc3cc(F)ccc3C2)=C1O. The van der Waals surface area contributed by atoms with E-state index in [0.717, 1.165) is 16.7 Å². The molecule has 166 valence electrons. The fourth-order valence-electron chi connectivity index (χ4n) is 4.41. The zero-order valence-electron chi connectivity index (χ0n) is 18.0. The highest BCUT2D eigenvalue weighted by Crippen LogP contribution is 2.29. The van der Waals surface area contributed by atoms with Crippen LogP contribution in [-0.4, -0.2) is 45.5 Å². The minimum Gasteiger partial charge on any atom is -0.511 e. The number of benzene rings is 2. The first-order chi connectivity index (χ1) is 15.4. The molecule has 0 aromatic heterocycles. The van der Waals surface area contributed by atoms with Crippen LogP contribution in [0.25, 0.3) is 0 Å². The smallest absolute Gasteiger partial charge is 0.239 e. The Balaban J connectivity index is 1.55. The molecule has 1 atom stereocenters. The maximum Gasteiger partial charge on any atom is 0.239 e. The van der Waals surface area contributed by atoms with Crippen LogP contribution >= 0.6 is 0 Å². The maximum absolute atomic E-state index is 13.5. The van der Waals surface area contributed by atoms with Crippen molar-refractivity contribution in [1.29, 1.82) is 5.41 Å². The number of nitrogens with one attached hydrogen (secondary N) is 1. The molecular weight excluding hydrogens is 409 g/mol. The highest BCUT2D eigenvalue weighted by atomic mass is 19.1. The van der Waals surface area contributed by atoms with Crippen molar-refractivity contribution < 1.29 is 19.1 Å². The molecule has 2 aromatic carbocycles. The molecule has 2 heterocycles. The fourth-order valence-corrected chi connectivity index (χ4v) is 4.41. The third-order valence-corrected chi connectivity index (χ3v) is 6.15. The molecule has 2 aromatic rings. The average molecular weight is 435 g/mol. The minimum atomic E-state index is -0.836. The largest absolute Gasteiger partial charge is 0.511 e. The fraction of sp³-hybridized carbons (Fsp3) is 0.320. The normalized spacial score (nSPS) is 19.3. The van der Waals surface area contributed by atoms with Crippen LogP contribution < -0.4 is 0 Å². The molecule has 2 N–H and O–H groups in total. The van der Waals surface area contributed by atoms with Gasteiger partial charge >= 0.3 is 0 Å². The van der Waals surface area contributed by atoms with Crippen molar-refractivity contribution in [2.24, 2.45) is 5.92 Å². The molecule has 0 radical (unpaired) electrons. The van der Waals surface area contributed by atoms with Crippen LogP contribution in [-0.2, 0) is 29.1 Å². The van der Waals surface area contributed by atoms with Gasteiger partial charge in [-0.15, -0.1) is 0 Å². The molecule has 0 spiro atoms. The minimum absolute atomic E-state index is 0.0163. The van der Waals surface area contributed by atoms with E-state index in [1.165, 1.54) is 17.0 Å². The van der Waals surface area contributed by atoms with E-state index in [-0.39, 0.29) is 47.8 Å². The highest BCUT2D eigenvalue weighted by molar-refractivity contribution is 6.26. The molecule has 1 amide bonds. The number of halogens is 1. The summed E-state index contributed by atoms with van der Waals surface area (Å²) in [5.74, 6) is -2.43. The van der Waals surface area contributed by atoms with Gasteiger partial charge in [0.05, 0.1) is 24.6 Å². The molecule has 2 aliphatic rings. The van der Waals surface area contributed by atoms with Gasteiger partial charge in [-0.3, -0.25) is 24.8 Å². The summed E-state index contributed by atoms with van der Waals surface area (Å²) in [5.41, 5.74) is 2.66. The Morgan fingerprint density at radius 3 is 2.66 bits per heavy atom. The van der Waals surface area contributed by atoms with Gasteiger partial charge in [0.2, 0.25) is 5.91 Å². The van der Waals surface area contributed by atoms with Crippen LogP contribution in [0.5, 0.6) is 0 Å². The van der Waals surface area contributed by atoms with Gasteiger partial charge in [-0.2, -0.15) is 0 Å². The monoisotopic (exact) mass is 435 g/mol. The van der Waals surface area contributed by atoms with Crippen molar-refractivity contribution in [3.8, 4) is 0 Å². The van der Waals surface area contributed by atoms with Crippen LogP contribution in [0.15, 0.2) is 59.9 Å². The molecular formula is C25H26FN3O3. The molecule has 1 unspecified atom stereocenters. The van der Waals surface area contributed by atoms with Crippen molar-refractivity contribution >= 4 is 17.5 Å². The number of hydrogen-bond donors (Lipinski definition) is 2. The number of hydrogen-bond acceptors (Lipinski definition) is 5. The third-order valence-electron chi connectivity index (χ3n) is 6.15. The number of fused-ring (bicyclic) bond motifs is 1. The molecule has 0 saturated carbocycles. The number of Topliss-reactive ketones (excluding diaryl/α,β-unsaturated/α-hetero) is 1. The molecule has 32 heavy (non-hydrogen) atoms. The summed E-state index contributed by atoms with van der Waals surface area (Å²) in [6, 6.07) is 14.0. The summed E-state index contributed by atoms with van der Waals surface area (Å²) >= 11 is 0. The number of amides is 1. The van der Waals surface area contributed by atoms with Gasteiger partial charge in [0.25, 0.3) is 0 Å². The molecule has 0 bridgehead atoms. The number of carbonyl (C=O) groups excluding carboxylic acids is 2. The molecule has 4 rings (SSSR count). The van der Waals surface area contributed by atoms with Crippen molar-refractivity contribution in [3.05, 3.63) is 82.4 Å². The van der Waals surface area contributed by atoms with Gasteiger partial charge in [0.15, 0.2) is 5.78 Å². The molecule has 6 nitrogen and oxygen atoms in total. The van der Waals surface area contributed by atoms with Crippen molar-refractivity contribution in [1.82, 2.24) is 9.80 Å². The number of amidine groups is 1. The molecule has 2 aliphatic heterocycles. The zero-order valence-corrected chi connectivity index (χ0v) is 18.0. The van der Waals surface area contributed by atoms with Gasteiger partial charge in [-0.25, -0.2) is 4.39 Å². The lowest BCUT2D eigenvalue weighted by molar-refractivity contribution is -0.132. The van der Waals surface area contributed by atoms with Gasteiger partial charge in [-0.1, -0.05) is 43.3 Å². The summed E-state index contributed by atoms with van der Waals surface area (Å²) in [7, 11) is 0. The standard InChI is InChI=1S/C25H26FN3O3/c1-2-20-23(31)22(24(27)29(25(20)32)13-16-6-4-3-5-7-16)21(30)15-28-11-10-17-12-19(26)9-8-18(17)14-28/h3-9,12,20,27,31H,2,10-11,13-15H2,1H3. The first-order valence-corrected chi connectivity index (χ1v) is 10.8. The second-order valence-corrected chi connectivity index (χ2v) is 8.28. The van der Waals surface area contributed by atoms with Gasteiger partial charge < -0.3 is 5.11 Å². The van der Waals surface area contributed by atoms with E-state index in [1.54, 1.807) is 13.0 Å². The van der Waals surface area contributed by atoms with Gasteiger partial charge in [0.1, 0.15) is 17.4 Å². The van der Waals surface area contributed by atoms with Crippen LogP contribution in [0.3, 0.4) is 0 Å².